The Bertz CT molecular complexity index is 916. The molecule has 7 nitrogen and oxygen atoms in total. The average Bonchev–Trinajstić information content (AvgIpc) is 2.60. The molecule has 1 atom stereocenters. The molecule has 3 rings (SSSR count). The molecule has 0 aliphatic carbocycles. The zero-order valence-electron chi connectivity index (χ0n) is 16.3. The van der Waals surface area contributed by atoms with Crippen molar-refractivity contribution in [3.8, 4) is 5.75 Å². The van der Waals surface area contributed by atoms with E-state index in [9.17, 15) is 4.39 Å². The summed E-state index contributed by atoms with van der Waals surface area (Å²) in [6.07, 6.45) is 1.33. The molecule has 2 heterocycles. The molecular formula is C19H24ClFN6O. The van der Waals surface area contributed by atoms with E-state index >= 15 is 0 Å². The summed E-state index contributed by atoms with van der Waals surface area (Å²) in [4.78, 5) is 10.3. The highest BCUT2D eigenvalue weighted by Gasteiger charge is 2.33. The first-order valence-electron chi connectivity index (χ1n) is 8.91. The van der Waals surface area contributed by atoms with Crippen LogP contribution in [-0.2, 0) is 0 Å². The topological polar surface area (TPSA) is 100 Å². The Morgan fingerprint density at radius 1 is 1.46 bits per heavy atom. The summed E-state index contributed by atoms with van der Waals surface area (Å²) in [7, 11) is 3.51. The minimum absolute atomic E-state index is 0.0266. The Morgan fingerprint density at radius 3 is 2.71 bits per heavy atom. The molecule has 1 fully saturated rings. The van der Waals surface area contributed by atoms with Crippen molar-refractivity contribution in [2.75, 3.05) is 38.3 Å². The van der Waals surface area contributed by atoms with Crippen molar-refractivity contribution in [2.45, 2.75) is 25.8 Å². The van der Waals surface area contributed by atoms with Gasteiger partial charge in [-0.25, -0.2) is 14.4 Å². The number of likely N-dealkylation sites (tertiary alicyclic amines) is 1. The predicted octanol–water partition coefficient (Wildman–Crippen LogP) is 3.45. The lowest BCUT2D eigenvalue weighted by atomic mass is 9.88. The number of ether oxygens (including phenoxy) is 1. The van der Waals surface area contributed by atoms with Crippen molar-refractivity contribution in [1.29, 1.82) is 5.41 Å². The zero-order chi connectivity index (χ0) is 20.6. The maximum absolute atomic E-state index is 14.8. The van der Waals surface area contributed by atoms with Crippen molar-refractivity contribution in [3.63, 3.8) is 0 Å². The van der Waals surface area contributed by atoms with Crippen molar-refractivity contribution < 1.29 is 9.13 Å². The Kier molecular flexibility index (Phi) is 5.71. The third-order valence-electron chi connectivity index (χ3n) is 4.98. The second-order valence-electron chi connectivity index (χ2n) is 7.10. The summed E-state index contributed by atoms with van der Waals surface area (Å²) < 4.78 is 20.4. The van der Waals surface area contributed by atoms with Crippen LogP contribution >= 0.6 is 11.6 Å². The molecule has 1 aromatic carbocycles. The second-order valence-corrected chi connectivity index (χ2v) is 7.51. The van der Waals surface area contributed by atoms with Crippen molar-refractivity contribution in [1.82, 2.24) is 14.9 Å². The van der Waals surface area contributed by atoms with Gasteiger partial charge in [-0.15, -0.1) is 0 Å². The molecule has 0 spiro atoms. The number of anilines is 2. The summed E-state index contributed by atoms with van der Waals surface area (Å²) in [5.74, 6) is 0.725. The number of rotatable bonds is 6. The van der Waals surface area contributed by atoms with Crippen molar-refractivity contribution in [3.05, 3.63) is 39.9 Å². The summed E-state index contributed by atoms with van der Waals surface area (Å²) >= 11 is 6.21. The molecule has 0 radical (unpaired) electrons. The van der Waals surface area contributed by atoms with Crippen LogP contribution in [0.5, 0.6) is 5.75 Å². The van der Waals surface area contributed by atoms with Crippen molar-refractivity contribution >= 4 is 28.9 Å². The standard InChI is InChI=1S/C19H24ClFN6O/c1-9(22)14-18(23)24-8-25-19(14)26-10(2)12-5-13(20)16(21)15(17(12)28-4)11-6-27(3)7-11/h5,8,10-11,22H,6-7H2,1-4H3,(H3,23,24,25,26). The Hall–Kier alpha value is -2.45. The molecule has 1 unspecified atom stereocenters. The smallest absolute Gasteiger partial charge is 0.149 e. The third kappa shape index (κ3) is 3.62. The maximum atomic E-state index is 14.8. The quantitative estimate of drug-likeness (QED) is 0.635. The van der Waals surface area contributed by atoms with E-state index in [1.807, 2.05) is 14.0 Å². The number of nitrogen functional groups attached to an aromatic ring is 1. The first-order chi connectivity index (χ1) is 13.2. The van der Waals surface area contributed by atoms with Gasteiger partial charge in [-0.3, -0.25) is 0 Å². The van der Waals surface area contributed by atoms with E-state index in [0.717, 1.165) is 13.1 Å². The molecule has 4 N–H and O–H groups in total. The average molecular weight is 407 g/mol. The van der Waals surface area contributed by atoms with Gasteiger partial charge < -0.3 is 26.1 Å². The van der Waals surface area contributed by atoms with E-state index in [1.165, 1.54) is 13.4 Å². The lowest BCUT2D eigenvalue weighted by Gasteiger charge is -2.38. The number of aromatic nitrogens is 2. The fourth-order valence-corrected chi connectivity index (χ4v) is 3.83. The van der Waals surface area contributed by atoms with E-state index in [1.54, 1.807) is 13.0 Å². The van der Waals surface area contributed by atoms with E-state index < -0.39 is 5.82 Å². The van der Waals surface area contributed by atoms with Gasteiger partial charge in [-0.2, -0.15) is 0 Å². The highest BCUT2D eigenvalue weighted by atomic mass is 35.5. The van der Waals surface area contributed by atoms with Gasteiger partial charge >= 0.3 is 0 Å². The molecule has 9 heteroatoms. The largest absolute Gasteiger partial charge is 0.496 e. The SMILES string of the molecule is COc1c(C(C)Nc2ncnc(N)c2C(C)=N)cc(Cl)c(F)c1C1CN(C)C1. The number of nitrogens with zero attached hydrogens (tertiary/aromatic N) is 3. The molecule has 1 aliphatic rings. The molecule has 0 saturated carbocycles. The number of benzene rings is 1. The second kappa shape index (κ2) is 7.89. The van der Waals surface area contributed by atoms with Gasteiger partial charge in [0.15, 0.2) is 0 Å². The zero-order valence-corrected chi connectivity index (χ0v) is 17.1. The number of hydrogen-bond donors (Lipinski definition) is 3. The van der Waals surface area contributed by atoms with Crippen molar-refractivity contribution in [2.24, 2.45) is 0 Å². The lowest BCUT2D eigenvalue weighted by molar-refractivity contribution is 0.183. The number of likely N-dealkylation sites (N-methyl/N-ethyl adjacent to an activating group) is 1. The minimum atomic E-state index is -0.435. The van der Waals surface area contributed by atoms with Crippen LogP contribution in [0, 0.1) is 11.2 Å². The summed E-state index contributed by atoms with van der Waals surface area (Å²) in [5, 5.41) is 11.2. The van der Waals surface area contributed by atoms with E-state index in [2.05, 4.69) is 20.2 Å². The number of methoxy groups -OCH3 is 1. The number of nitrogens with one attached hydrogen (secondary N) is 2. The molecule has 2 aromatic rings. The van der Waals surface area contributed by atoms with Crippen LogP contribution in [0.2, 0.25) is 5.02 Å². The molecule has 0 bridgehead atoms. The Morgan fingerprint density at radius 2 is 2.14 bits per heavy atom. The monoisotopic (exact) mass is 406 g/mol. The van der Waals surface area contributed by atoms with Gasteiger partial charge in [0.05, 0.1) is 23.7 Å². The van der Waals surface area contributed by atoms with Gasteiger partial charge in [0.2, 0.25) is 0 Å². The third-order valence-corrected chi connectivity index (χ3v) is 5.26. The first-order valence-corrected chi connectivity index (χ1v) is 9.29. The molecule has 1 aromatic heterocycles. The van der Waals surface area contributed by atoms with E-state index in [0.29, 0.717) is 28.3 Å². The van der Waals surface area contributed by atoms with E-state index in [4.69, 9.17) is 27.5 Å². The molecular weight excluding hydrogens is 383 g/mol. The number of hydrogen-bond acceptors (Lipinski definition) is 7. The van der Waals surface area contributed by atoms with Crippen LogP contribution in [0.25, 0.3) is 0 Å². The molecule has 1 aliphatic heterocycles. The summed E-state index contributed by atoms with van der Waals surface area (Å²) in [6.45, 7) is 5.00. The molecule has 28 heavy (non-hydrogen) atoms. The first kappa shape index (κ1) is 20.3. The number of halogens is 2. The van der Waals surface area contributed by atoms with E-state index in [-0.39, 0.29) is 28.5 Å². The van der Waals surface area contributed by atoms with Gasteiger partial charge in [0.1, 0.15) is 29.5 Å². The molecule has 1 saturated heterocycles. The normalized spacial score (nSPS) is 15.8. The van der Waals surface area contributed by atoms with Crippen LogP contribution in [-0.4, -0.2) is 47.8 Å². The highest BCUT2D eigenvalue weighted by molar-refractivity contribution is 6.31. The minimum Gasteiger partial charge on any atom is -0.496 e. The molecule has 0 amide bonds. The van der Waals surface area contributed by atoms with Gasteiger partial charge in [-0.1, -0.05) is 11.6 Å². The van der Waals surface area contributed by atoms with Gasteiger partial charge in [-0.05, 0) is 27.0 Å². The van der Waals surface area contributed by atoms with Crippen LogP contribution in [0.4, 0.5) is 16.0 Å². The van der Waals surface area contributed by atoms with Crippen LogP contribution in [0.1, 0.15) is 42.5 Å². The van der Waals surface area contributed by atoms with Crippen LogP contribution < -0.4 is 15.8 Å². The Balaban J connectivity index is 2.02. The molecule has 150 valence electrons. The lowest BCUT2D eigenvalue weighted by Crippen LogP contribution is -2.42. The highest BCUT2D eigenvalue weighted by Crippen LogP contribution is 2.42. The van der Waals surface area contributed by atoms with Crippen LogP contribution in [0.15, 0.2) is 12.4 Å². The fraction of sp³-hybridized carbons (Fsp3) is 0.421. The van der Waals surface area contributed by atoms with Gasteiger partial charge in [0.25, 0.3) is 0 Å². The predicted molar refractivity (Wildman–Crippen MR) is 109 cm³/mol. The van der Waals surface area contributed by atoms with Crippen LogP contribution in [0.3, 0.4) is 0 Å². The summed E-state index contributed by atoms with van der Waals surface area (Å²) in [5.41, 5.74) is 7.80. The number of nitrogens with two attached hydrogens (primary N) is 1. The maximum Gasteiger partial charge on any atom is 0.149 e. The Labute approximate surface area is 168 Å². The summed E-state index contributed by atoms with van der Waals surface area (Å²) in [6, 6.07) is 1.25. The van der Waals surface area contributed by atoms with Gasteiger partial charge in [0, 0.05) is 35.8 Å². The fourth-order valence-electron chi connectivity index (χ4n) is 3.61.